The fraction of sp³-hybridized carbons (Fsp3) is 0.304. The molecule has 10 nitrogen and oxygen atoms in total. The van der Waals surface area contributed by atoms with Gasteiger partial charge in [-0.2, -0.15) is 13.2 Å². The SMILES string of the molecule is CC(C)COC(=O)N(NC(=O)c1cc(N=CNN)cc(C(F)(F)F)c1)C(Cc1ccccc1)C(=O)O. The predicted molar refractivity (Wildman–Crippen MR) is 124 cm³/mol. The van der Waals surface area contributed by atoms with E-state index in [4.69, 9.17) is 10.6 Å². The van der Waals surface area contributed by atoms with Gasteiger partial charge >= 0.3 is 18.2 Å². The second-order valence-corrected chi connectivity index (χ2v) is 8.02. The molecule has 0 fully saturated rings. The number of benzene rings is 2. The van der Waals surface area contributed by atoms with Gasteiger partial charge < -0.3 is 15.3 Å². The molecule has 0 aliphatic heterocycles. The zero-order valence-corrected chi connectivity index (χ0v) is 19.5. The third-order valence-electron chi connectivity index (χ3n) is 4.62. The van der Waals surface area contributed by atoms with Crippen LogP contribution in [0.1, 0.15) is 35.3 Å². The first-order valence-electron chi connectivity index (χ1n) is 10.7. The third-order valence-corrected chi connectivity index (χ3v) is 4.62. The van der Waals surface area contributed by atoms with Gasteiger partial charge in [0.15, 0.2) is 6.04 Å². The Hall–Kier alpha value is -4.13. The lowest BCUT2D eigenvalue weighted by atomic mass is 10.1. The van der Waals surface area contributed by atoms with Crippen molar-refractivity contribution in [2.24, 2.45) is 16.8 Å². The Kier molecular flexibility index (Phi) is 9.79. The van der Waals surface area contributed by atoms with Gasteiger partial charge in [0.1, 0.15) is 6.34 Å². The number of rotatable bonds is 9. The highest BCUT2D eigenvalue weighted by molar-refractivity contribution is 5.96. The molecule has 0 heterocycles. The standard InChI is InChI=1S/C23H26F3N5O5/c1-14(2)12-36-22(35)31(19(21(33)34)8-15-6-4-3-5-7-15)30-20(32)16-9-17(23(24,25)26)11-18(10-16)28-13-29-27/h3-7,9-11,13-14,19H,8,12,27H2,1-2H3,(H,28,29)(H,30,32)(H,33,34). The fourth-order valence-electron chi connectivity index (χ4n) is 2.95. The van der Waals surface area contributed by atoms with Gasteiger partial charge in [0, 0.05) is 12.0 Å². The summed E-state index contributed by atoms with van der Waals surface area (Å²) < 4.78 is 45.3. The summed E-state index contributed by atoms with van der Waals surface area (Å²) in [5.41, 5.74) is 2.69. The monoisotopic (exact) mass is 509 g/mol. The van der Waals surface area contributed by atoms with Crippen LogP contribution in [0.25, 0.3) is 0 Å². The van der Waals surface area contributed by atoms with E-state index in [0.29, 0.717) is 22.7 Å². The van der Waals surface area contributed by atoms with Crippen molar-refractivity contribution in [1.82, 2.24) is 15.9 Å². The van der Waals surface area contributed by atoms with Gasteiger partial charge in [-0.1, -0.05) is 44.2 Å². The molecule has 2 aromatic carbocycles. The van der Waals surface area contributed by atoms with Crippen LogP contribution in [0.15, 0.2) is 53.5 Å². The minimum absolute atomic E-state index is 0.0859. The van der Waals surface area contributed by atoms with E-state index in [1.165, 1.54) is 0 Å². The van der Waals surface area contributed by atoms with Crippen LogP contribution in [0, 0.1) is 5.92 Å². The highest BCUT2D eigenvalue weighted by Gasteiger charge is 2.35. The molecule has 13 heteroatoms. The van der Waals surface area contributed by atoms with Crippen LogP contribution in [0.5, 0.6) is 0 Å². The number of nitrogens with zero attached hydrogens (tertiary/aromatic N) is 2. The Morgan fingerprint density at radius 3 is 2.39 bits per heavy atom. The molecule has 2 rings (SSSR count). The molecule has 5 N–H and O–H groups in total. The molecule has 2 amide bonds. The zero-order valence-electron chi connectivity index (χ0n) is 19.5. The van der Waals surface area contributed by atoms with E-state index in [-0.39, 0.29) is 24.6 Å². The average Bonchev–Trinajstić information content (AvgIpc) is 2.82. The molecule has 0 radical (unpaired) electrons. The van der Waals surface area contributed by atoms with Gasteiger partial charge in [0.25, 0.3) is 5.91 Å². The largest absolute Gasteiger partial charge is 0.480 e. The van der Waals surface area contributed by atoms with Crippen LogP contribution in [-0.4, -0.2) is 47.1 Å². The molecule has 1 atom stereocenters. The second kappa shape index (κ2) is 12.5. The molecule has 0 aliphatic rings. The number of carbonyl (C=O) groups excluding carboxylic acids is 2. The molecule has 0 aliphatic carbocycles. The van der Waals surface area contributed by atoms with Crippen molar-refractivity contribution in [2.75, 3.05) is 6.61 Å². The van der Waals surface area contributed by atoms with E-state index in [9.17, 15) is 32.7 Å². The van der Waals surface area contributed by atoms with Gasteiger partial charge in [0.05, 0.1) is 17.9 Å². The van der Waals surface area contributed by atoms with Crippen molar-refractivity contribution in [3.63, 3.8) is 0 Å². The molecular weight excluding hydrogens is 483 g/mol. The van der Waals surface area contributed by atoms with Crippen LogP contribution in [-0.2, 0) is 22.1 Å². The molecule has 36 heavy (non-hydrogen) atoms. The lowest BCUT2D eigenvalue weighted by molar-refractivity contribution is -0.143. The highest BCUT2D eigenvalue weighted by atomic mass is 19.4. The van der Waals surface area contributed by atoms with Crippen LogP contribution in [0.3, 0.4) is 0 Å². The number of hydrogen-bond acceptors (Lipinski definition) is 6. The van der Waals surface area contributed by atoms with Gasteiger partial charge in [-0.05, 0) is 29.7 Å². The minimum Gasteiger partial charge on any atom is -0.480 e. The summed E-state index contributed by atoms with van der Waals surface area (Å²) in [6.07, 6.45) is -5.30. The Morgan fingerprint density at radius 1 is 1.17 bits per heavy atom. The maximum absolute atomic E-state index is 13.4. The van der Waals surface area contributed by atoms with Gasteiger partial charge in [0.2, 0.25) is 0 Å². The number of aliphatic imine (C=N–C) groups is 1. The van der Waals surface area contributed by atoms with E-state index < -0.39 is 41.3 Å². The summed E-state index contributed by atoms with van der Waals surface area (Å²) in [5.74, 6) is 2.30. The van der Waals surface area contributed by atoms with Crippen LogP contribution >= 0.6 is 0 Å². The number of carbonyl (C=O) groups is 3. The number of amides is 2. The summed E-state index contributed by atoms with van der Waals surface area (Å²) in [7, 11) is 0. The number of alkyl halides is 3. The number of aliphatic carboxylic acids is 1. The summed E-state index contributed by atoms with van der Waals surface area (Å²) in [6.45, 7) is 3.41. The first kappa shape index (κ1) is 28.1. The van der Waals surface area contributed by atoms with Crippen molar-refractivity contribution in [3.05, 3.63) is 65.2 Å². The molecule has 2 aromatic rings. The van der Waals surface area contributed by atoms with E-state index in [0.717, 1.165) is 12.4 Å². The van der Waals surface area contributed by atoms with E-state index >= 15 is 0 Å². The summed E-state index contributed by atoms with van der Waals surface area (Å²) in [6, 6.07) is 8.91. The Bertz CT molecular complexity index is 1090. The smallest absolute Gasteiger partial charge is 0.429 e. The summed E-state index contributed by atoms with van der Waals surface area (Å²) >= 11 is 0. The van der Waals surface area contributed by atoms with Gasteiger partial charge in [-0.15, -0.1) is 0 Å². The molecule has 0 saturated carbocycles. The number of halogens is 3. The third kappa shape index (κ3) is 8.27. The van der Waals surface area contributed by atoms with Crippen molar-refractivity contribution in [2.45, 2.75) is 32.5 Å². The highest BCUT2D eigenvalue weighted by Crippen LogP contribution is 2.32. The number of hydrogen-bond donors (Lipinski definition) is 4. The first-order chi connectivity index (χ1) is 16.9. The van der Waals surface area contributed by atoms with Gasteiger partial charge in [-0.25, -0.2) is 25.4 Å². The van der Waals surface area contributed by atoms with Crippen LogP contribution in [0.2, 0.25) is 0 Å². The lowest BCUT2D eigenvalue weighted by Crippen LogP contribution is -2.56. The van der Waals surface area contributed by atoms with Crippen molar-refractivity contribution in [3.8, 4) is 0 Å². The number of carboxylic acid groups (broad SMARTS) is 1. The van der Waals surface area contributed by atoms with Crippen molar-refractivity contribution in [1.29, 1.82) is 0 Å². The molecule has 0 saturated heterocycles. The molecule has 1 unspecified atom stereocenters. The van der Waals surface area contributed by atoms with Crippen molar-refractivity contribution < 1.29 is 37.4 Å². The van der Waals surface area contributed by atoms with E-state index in [1.54, 1.807) is 44.2 Å². The van der Waals surface area contributed by atoms with Crippen LogP contribution < -0.4 is 16.7 Å². The predicted octanol–water partition coefficient (Wildman–Crippen LogP) is 3.26. The fourth-order valence-corrected chi connectivity index (χ4v) is 2.95. The lowest BCUT2D eigenvalue weighted by Gasteiger charge is -2.29. The number of nitrogens with one attached hydrogen (secondary N) is 2. The summed E-state index contributed by atoms with van der Waals surface area (Å²) in [5, 5.41) is 10.3. The maximum Gasteiger partial charge on any atom is 0.429 e. The molecule has 0 aromatic heterocycles. The Labute approximate surface area is 204 Å². The topological polar surface area (TPSA) is 146 Å². The Morgan fingerprint density at radius 2 is 1.83 bits per heavy atom. The quantitative estimate of drug-likeness (QED) is 0.176. The zero-order chi connectivity index (χ0) is 26.9. The minimum atomic E-state index is -4.82. The van der Waals surface area contributed by atoms with Crippen LogP contribution in [0.4, 0.5) is 23.7 Å². The molecule has 0 spiro atoms. The summed E-state index contributed by atoms with van der Waals surface area (Å²) in [4.78, 5) is 41.5. The average molecular weight is 509 g/mol. The molecule has 0 bridgehead atoms. The number of carboxylic acids is 1. The number of nitrogens with two attached hydrogens (primary N) is 1. The Balaban J connectivity index is 2.45. The van der Waals surface area contributed by atoms with E-state index in [2.05, 4.69) is 10.4 Å². The molecular formula is C23H26F3N5O5. The van der Waals surface area contributed by atoms with E-state index in [1.807, 2.05) is 5.43 Å². The second-order valence-electron chi connectivity index (χ2n) is 8.02. The number of hydrazine groups is 2. The normalized spacial score (nSPS) is 12.3. The van der Waals surface area contributed by atoms with Crippen molar-refractivity contribution >= 4 is 30.0 Å². The molecule has 194 valence electrons. The number of ether oxygens (including phenoxy) is 1. The maximum atomic E-state index is 13.4. The van der Waals surface area contributed by atoms with Gasteiger partial charge in [-0.3, -0.25) is 10.2 Å². The first-order valence-corrected chi connectivity index (χ1v) is 10.7.